The maximum atomic E-state index is 14.7. The number of anilines is 1. The quantitative estimate of drug-likeness (QED) is 0.0832. The van der Waals surface area contributed by atoms with Gasteiger partial charge >= 0.3 is 12.2 Å². The molecule has 3 aromatic rings. The first kappa shape index (κ1) is 46.2. The Kier molecular flexibility index (Phi) is 14.1. The Balaban J connectivity index is 1.26. The van der Waals surface area contributed by atoms with Gasteiger partial charge in [0.2, 0.25) is 17.7 Å². The van der Waals surface area contributed by atoms with Gasteiger partial charge in [-0.2, -0.15) is 4.98 Å². The van der Waals surface area contributed by atoms with E-state index in [1.54, 1.807) is 70.6 Å². The Labute approximate surface area is 364 Å². The first-order chi connectivity index (χ1) is 29.1. The molecule has 62 heavy (non-hydrogen) atoms. The number of carbonyl (C=O) groups is 4. The van der Waals surface area contributed by atoms with Crippen LogP contribution < -0.4 is 27.0 Å². The Morgan fingerprint density at radius 3 is 2.05 bits per heavy atom. The molecule has 4 bridgehead atoms. The number of hydrogen-bond donors (Lipinski definition) is 6. The number of rotatable bonds is 17. The van der Waals surface area contributed by atoms with Gasteiger partial charge in [0.05, 0.1) is 0 Å². The van der Waals surface area contributed by atoms with Crippen LogP contribution in [0.4, 0.5) is 15.5 Å². The number of phenols is 1. The minimum atomic E-state index is -1.15. The van der Waals surface area contributed by atoms with Gasteiger partial charge in [-0.3, -0.25) is 9.59 Å². The number of hydrogen-bond acceptors (Lipinski definition) is 12. The molecule has 2 aromatic heterocycles. The molecular weight excluding hydrogens is 795 g/mol. The van der Waals surface area contributed by atoms with Gasteiger partial charge in [-0.05, 0) is 166 Å². The number of ether oxygens (including phenoxy) is 2. The van der Waals surface area contributed by atoms with Crippen molar-refractivity contribution >= 4 is 29.9 Å². The lowest BCUT2D eigenvalue weighted by molar-refractivity contribution is -0.130. The van der Waals surface area contributed by atoms with Gasteiger partial charge in [-0.25, -0.2) is 14.6 Å². The fourth-order valence-electron chi connectivity index (χ4n) is 10.0. The number of phenolic OH excluding ortho intramolecular Hbond substituents is 1. The Bertz CT molecular complexity index is 2010. The molecule has 0 unspecified atom stereocenters. The summed E-state index contributed by atoms with van der Waals surface area (Å²) >= 11 is 0. The molecule has 7 rings (SSSR count). The third-order valence-corrected chi connectivity index (χ3v) is 12.3. The van der Waals surface area contributed by atoms with E-state index in [4.69, 9.17) is 24.7 Å². The molecule has 0 spiro atoms. The molecular formula is C45H67N9O8. The normalized spacial score (nSPS) is 22.0. The van der Waals surface area contributed by atoms with Crippen molar-refractivity contribution in [2.45, 2.75) is 167 Å². The second-order valence-electron chi connectivity index (χ2n) is 19.9. The van der Waals surface area contributed by atoms with E-state index in [-0.39, 0.29) is 36.4 Å². The first-order valence-electron chi connectivity index (χ1n) is 22.1. The van der Waals surface area contributed by atoms with Crippen LogP contribution in [-0.2, 0) is 37.4 Å². The molecule has 17 nitrogen and oxygen atoms in total. The number of nitrogens with two attached hydrogens (primary N) is 1. The molecule has 17 heteroatoms. The lowest BCUT2D eigenvalue weighted by Gasteiger charge is -2.55. The number of nitrogen functional groups attached to an aromatic ring is 1. The molecule has 1 aromatic carbocycles. The van der Waals surface area contributed by atoms with Crippen molar-refractivity contribution < 1.29 is 38.3 Å². The molecule has 0 saturated heterocycles. The van der Waals surface area contributed by atoms with Crippen molar-refractivity contribution in [3.05, 3.63) is 52.9 Å². The van der Waals surface area contributed by atoms with Crippen molar-refractivity contribution in [3.63, 3.8) is 0 Å². The third kappa shape index (κ3) is 12.2. The zero-order valence-corrected chi connectivity index (χ0v) is 37.6. The number of aromatic hydroxyl groups is 1. The van der Waals surface area contributed by atoms with Crippen molar-refractivity contribution in [3.8, 4) is 5.75 Å². The summed E-state index contributed by atoms with van der Waals surface area (Å²) in [6, 6.07) is 0.220. The van der Waals surface area contributed by atoms with Gasteiger partial charge in [-0.1, -0.05) is 5.16 Å². The molecule has 340 valence electrons. The number of aromatic nitrogens is 4. The predicted molar refractivity (Wildman–Crippen MR) is 231 cm³/mol. The van der Waals surface area contributed by atoms with Crippen molar-refractivity contribution in [1.29, 1.82) is 0 Å². The smallest absolute Gasteiger partial charge is 0.408 e. The van der Waals surface area contributed by atoms with Crippen LogP contribution in [0.1, 0.15) is 140 Å². The lowest BCUT2D eigenvalue weighted by atomic mass is 9.49. The summed E-state index contributed by atoms with van der Waals surface area (Å²) in [5.41, 5.74) is 6.57. The number of carbonyl (C=O) groups excluding carboxylic acids is 4. The molecule has 4 saturated carbocycles. The van der Waals surface area contributed by atoms with E-state index in [0.717, 1.165) is 36.0 Å². The zero-order valence-electron chi connectivity index (χ0n) is 37.6. The monoisotopic (exact) mass is 862 g/mol. The van der Waals surface area contributed by atoms with Gasteiger partial charge in [0.25, 0.3) is 0 Å². The van der Waals surface area contributed by atoms with Crippen molar-refractivity contribution in [2.24, 2.45) is 17.8 Å². The maximum Gasteiger partial charge on any atom is 0.408 e. The largest absolute Gasteiger partial charge is 0.508 e. The van der Waals surface area contributed by atoms with E-state index < -0.39 is 53.3 Å². The van der Waals surface area contributed by atoms with E-state index in [9.17, 15) is 24.3 Å². The summed E-state index contributed by atoms with van der Waals surface area (Å²) in [5, 5.41) is 26.5. The summed E-state index contributed by atoms with van der Waals surface area (Å²) in [7, 11) is 0. The maximum absolute atomic E-state index is 14.7. The van der Waals surface area contributed by atoms with Crippen LogP contribution in [0.2, 0.25) is 0 Å². The summed E-state index contributed by atoms with van der Waals surface area (Å²) in [4.78, 5) is 63.7. The van der Waals surface area contributed by atoms with Crippen LogP contribution >= 0.6 is 0 Å². The predicted octanol–water partition coefficient (Wildman–Crippen LogP) is 6.20. The Morgan fingerprint density at radius 2 is 1.47 bits per heavy atom. The molecule has 2 heterocycles. The average molecular weight is 862 g/mol. The molecule has 4 aliphatic carbocycles. The number of amides is 4. The van der Waals surface area contributed by atoms with Gasteiger partial charge in [0.15, 0.2) is 11.8 Å². The Morgan fingerprint density at radius 1 is 0.871 bits per heavy atom. The summed E-state index contributed by atoms with van der Waals surface area (Å²) in [5.74, 6) is 2.21. The third-order valence-electron chi connectivity index (χ3n) is 12.3. The topological polar surface area (TPSA) is 238 Å². The summed E-state index contributed by atoms with van der Waals surface area (Å²) in [6.45, 7) is 14.9. The highest BCUT2D eigenvalue weighted by molar-refractivity contribution is 5.91. The molecule has 4 aliphatic rings. The molecule has 7 N–H and O–H groups in total. The van der Waals surface area contributed by atoms with E-state index in [0.29, 0.717) is 55.3 Å². The second-order valence-corrected chi connectivity index (χ2v) is 19.9. The van der Waals surface area contributed by atoms with Crippen LogP contribution in [0.5, 0.6) is 5.75 Å². The zero-order chi connectivity index (χ0) is 45.0. The summed E-state index contributed by atoms with van der Waals surface area (Å²) < 4.78 is 18.7. The van der Waals surface area contributed by atoms with Crippen molar-refractivity contribution in [2.75, 3.05) is 12.3 Å². The molecule has 0 aliphatic heterocycles. The lowest BCUT2D eigenvalue weighted by Crippen LogP contribution is -2.55. The molecule has 0 radical (unpaired) electrons. The average Bonchev–Trinajstić information content (AvgIpc) is 3.81. The van der Waals surface area contributed by atoms with E-state index in [2.05, 4.69) is 31.4 Å². The highest BCUT2D eigenvalue weighted by Gasteiger charge is 2.54. The second kappa shape index (κ2) is 19.0. The van der Waals surface area contributed by atoms with Crippen LogP contribution in [-0.4, -0.2) is 78.6 Å². The van der Waals surface area contributed by atoms with E-state index >= 15 is 0 Å². The minimum absolute atomic E-state index is 0.0650. The van der Waals surface area contributed by atoms with Crippen LogP contribution in [0.3, 0.4) is 0 Å². The van der Waals surface area contributed by atoms with E-state index in [1.165, 1.54) is 19.3 Å². The van der Waals surface area contributed by atoms with Gasteiger partial charge < -0.3 is 50.7 Å². The summed E-state index contributed by atoms with van der Waals surface area (Å²) in [6.07, 6.45) is 10.3. The number of imidazole rings is 1. The number of aryl methyl sites for hydroxylation is 3. The molecule has 3 atom stereocenters. The standard InChI is InChI=1S/C45H67N9O8/c1-26-17-31(55)18-27(2)32(26)22-35(50-36(56)33(51-42(59)61-44(6,7)8)12-10-15-54-16-14-47-40(54)46)37(57)49-34(11-9-13-48-41(58)60-43(3,4)5)38-52-39(53-62-38)45-23-28-19-29(24-45)21-30(20-28)25-45/h14,16-18,28-30,33-35,55H,9-13,15,19-25H2,1-8H3,(H2,46,47)(H,48,58)(H,49,57)(H,50,56)(H,51,59)/t28?,29?,30?,33-,34+,35+,45?/m1/s1. The van der Waals surface area contributed by atoms with Crippen LogP contribution in [0.25, 0.3) is 0 Å². The first-order valence-corrected chi connectivity index (χ1v) is 22.1. The van der Waals surface area contributed by atoms with Gasteiger partial charge in [0.1, 0.15) is 35.1 Å². The Hall–Kier alpha value is -5.35. The van der Waals surface area contributed by atoms with Gasteiger partial charge in [-0.15, -0.1) is 0 Å². The highest BCUT2D eigenvalue weighted by Crippen LogP contribution is 2.60. The SMILES string of the molecule is Cc1cc(O)cc(C)c1C[C@H](NC(=O)[C@@H](CCCn1ccnc1N)NC(=O)OC(C)(C)C)C(=O)N[C@@H](CCCNC(=O)OC(C)(C)C)c1nc(C23CC4CC(CC(C4)C2)C3)no1. The molecule has 4 fully saturated rings. The number of alkyl carbamates (subject to hydrolysis) is 2. The van der Waals surface area contributed by atoms with Crippen molar-refractivity contribution in [1.82, 2.24) is 41.0 Å². The highest BCUT2D eigenvalue weighted by atomic mass is 16.6. The van der Waals surface area contributed by atoms with Gasteiger partial charge in [0, 0.05) is 37.3 Å². The van der Waals surface area contributed by atoms with Crippen LogP contribution in [0.15, 0.2) is 29.0 Å². The number of nitrogens with zero attached hydrogens (tertiary/aromatic N) is 4. The van der Waals surface area contributed by atoms with E-state index in [1.807, 2.05) is 13.8 Å². The number of benzene rings is 1. The number of nitrogens with one attached hydrogen (secondary N) is 4. The fourth-order valence-corrected chi connectivity index (χ4v) is 10.0. The minimum Gasteiger partial charge on any atom is -0.508 e. The van der Waals surface area contributed by atoms with Crippen LogP contribution in [0, 0.1) is 31.6 Å². The molecule has 4 amide bonds. The fraction of sp³-hybridized carbons (Fsp3) is 0.667.